The largest absolute Gasteiger partial charge is 0.382 e. The number of halogens is 1. The number of hydrogen-bond acceptors (Lipinski definition) is 4. The number of carbonyl (C=O) groups is 1. The Morgan fingerprint density at radius 2 is 2.29 bits per heavy atom. The van der Waals surface area contributed by atoms with Crippen molar-refractivity contribution in [1.29, 1.82) is 0 Å². The van der Waals surface area contributed by atoms with E-state index in [2.05, 4.69) is 10.3 Å². The van der Waals surface area contributed by atoms with Gasteiger partial charge in [-0.3, -0.25) is 4.79 Å². The fourth-order valence-corrected chi connectivity index (χ4v) is 1.13. The lowest BCUT2D eigenvalue weighted by Gasteiger charge is -2.06. The summed E-state index contributed by atoms with van der Waals surface area (Å²) < 4.78 is 23.0. The summed E-state index contributed by atoms with van der Waals surface area (Å²) in [7, 11) is 1.58. The summed E-state index contributed by atoms with van der Waals surface area (Å²) in [5.41, 5.74) is -0.0654. The van der Waals surface area contributed by atoms with Crippen molar-refractivity contribution in [3.05, 3.63) is 29.8 Å². The van der Waals surface area contributed by atoms with Crippen molar-refractivity contribution in [2.24, 2.45) is 0 Å². The second-order valence-electron chi connectivity index (χ2n) is 3.20. The summed E-state index contributed by atoms with van der Waals surface area (Å²) in [5.74, 6) is -1.27. The van der Waals surface area contributed by atoms with Crippen LogP contribution in [-0.4, -0.2) is 44.4 Å². The van der Waals surface area contributed by atoms with Gasteiger partial charge in [0.1, 0.15) is 0 Å². The monoisotopic (exact) mass is 242 g/mol. The average molecular weight is 242 g/mol. The van der Waals surface area contributed by atoms with Crippen LogP contribution in [0.3, 0.4) is 0 Å². The first kappa shape index (κ1) is 13.5. The Labute approximate surface area is 98.9 Å². The molecule has 1 N–H and O–H groups in total. The van der Waals surface area contributed by atoms with Crippen molar-refractivity contribution < 1.29 is 18.7 Å². The van der Waals surface area contributed by atoms with Gasteiger partial charge in [0.05, 0.1) is 25.4 Å². The summed E-state index contributed by atoms with van der Waals surface area (Å²) in [6.07, 6.45) is 1.29. The third-order valence-corrected chi connectivity index (χ3v) is 1.97. The minimum absolute atomic E-state index is 0.0654. The quantitative estimate of drug-likeness (QED) is 0.562. The SMILES string of the molecule is COCCOCCNC(=O)c1cccnc1F. The number of carbonyl (C=O) groups excluding carboxylic acids is 1. The molecule has 0 aromatic carbocycles. The zero-order valence-corrected chi connectivity index (χ0v) is 9.61. The molecular weight excluding hydrogens is 227 g/mol. The molecule has 5 nitrogen and oxygen atoms in total. The van der Waals surface area contributed by atoms with Crippen LogP contribution in [0.15, 0.2) is 18.3 Å². The fraction of sp³-hybridized carbons (Fsp3) is 0.455. The van der Waals surface area contributed by atoms with E-state index in [1.165, 1.54) is 18.3 Å². The molecule has 0 unspecified atom stereocenters. The van der Waals surface area contributed by atoms with E-state index in [0.29, 0.717) is 26.4 Å². The highest BCUT2D eigenvalue weighted by atomic mass is 19.1. The maximum atomic E-state index is 13.1. The zero-order valence-electron chi connectivity index (χ0n) is 9.61. The summed E-state index contributed by atoms with van der Waals surface area (Å²) in [6.45, 7) is 1.65. The molecule has 0 bridgehead atoms. The number of hydrogen-bond donors (Lipinski definition) is 1. The number of rotatable bonds is 7. The molecule has 1 heterocycles. The smallest absolute Gasteiger partial charge is 0.256 e. The fourth-order valence-electron chi connectivity index (χ4n) is 1.13. The van der Waals surface area contributed by atoms with Gasteiger partial charge >= 0.3 is 0 Å². The van der Waals surface area contributed by atoms with Crippen LogP contribution in [0.5, 0.6) is 0 Å². The molecule has 6 heteroatoms. The van der Waals surface area contributed by atoms with Crippen LogP contribution in [0.25, 0.3) is 0 Å². The Bertz CT molecular complexity index is 360. The normalized spacial score (nSPS) is 10.2. The van der Waals surface area contributed by atoms with Crippen LogP contribution in [0.4, 0.5) is 4.39 Å². The number of ether oxygens (including phenoxy) is 2. The van der Waals surface area contributed by atoms with Gasteiger partial charge in [0.25, 0.3) is 5.91 Å². The number of pyridine rings is 1. The Hall–Kier alpha value is -1.53. The lowest BCUT2D eigenvalue weighted by molar-refractivity contribution is 0.0692. The van der Waals surface area contributed by atoms with E-state index in [0.717, 1.165) is 0 Å². The first-order chi connectivity index (χ1) is 8.25. The van der Waals surface area contributed by atoms with Gasteiger partial charge in [0.15, 0.2) is 0 Å². The molecule has 1 aromatic heterocycles. The van der Waals surface area contributed by atoms with Gasteiger partial charge in [-0.15, -0.1) is 0 Å². The topological polar surface area (TPSA) is 60.5 Å². The van der Waals surface area contributed by atoms with Gasteiger partial charge in [-0.2, -0.15) is 4.39 Å². The van der Waals surface area contributed by atoms with E-state index in [4.69, 9.17) is 9.47 Å². The first-order valence-corrected chi connectivity index (χ1v) is 5.21. The van der Waals surface area contributed by atoms with E-state index in [-0.39, 0.29) is 5.56 Å². The van der Waals surface area contributed by atoms with E-state index in [9.17, 15) is 9.18 Å². The second kappa shape index (κ2) is 7.70. The number of aromatic nitrogens is 1. The van der Waals surface area contributed by atoms with Crippen molar-refractivity contribution in [3.63, 3.8) is 0 Å². The van der Waals surface area contributed by atoms with Crippen molar-refractivity contribution in [3.8, 4) is 0 Å². The maximum Gasteiger partial charge on any atom is 0.256 e. The first-order valence-electron chi connectivity index (χ1n) is 5.21. The van der Waals surface area contributed by atoms with E-state index < -0.39 is 11.9 Å². The predicted molar refractivity (Wildman–Crippen MR) is 59.2 cm³/mol. The second-order valence-corrected chi connectivity index (χ2v) is 3.20. The van der Waals surface area contributed by atoms with Gasteiger partial charge in [0, 0.05) is 19.9 Å². The average Bonchev–Trinajstić information content (AvgIpc) is 2.34. The molecule has 0 saturated carbocycles. The molecule has 0 aliphatic heterocycles. The molecule has 0 aliphatic carbocycles. The van der Waals surface area contributed by atoms with Gasteiger partial charge < -0.3 is 14.8 Å². The van der Waals surface area contributed by atoms with Gasteiger partial charge in [-0.05, 0) is 12.1 Å². The number of methoxy groups -OCH3 is 1. The summed E-state index contributed by atoms with van der Waals surface area (Å²) in [6, 6.07) is 2.89. The van der Waals surface area contributed by atoms with Crippen LogP contribution in [0, 0.1) is 5.95 Å². The summed E-state index contributed by atoms with van der Waals surface area (Å²) >= 11 is 0. The van der Waals surface area contributed by atoms with Crippen molar-refractivity contribution in [2.45, 2.75) is 0 Å². The predicted octanol–water partition coefficient (Wildman–Crippen LogP) is 0.613. The highest BCUT2D eigenvalue weighted by Gasteiger charge is 2.10. The molecule has 1 aromatic rings. The van der Waals surface area contributed by atoms with Crippen molar-refractivity contribution >= 4 is 5.91 Å². The van der Waals surface area contributed by atoms with Gasteiger partial charge in [-0.25, -0.2) is 4.98 Å². The standard InChI is InChI=1S/C11H15FN2O3/c1-16-7-8-17-6-5-14-11(15)9-3-2-4-13-10(9)12/h2-4H,5-8H2,1H3,(H,14,15). The molecule has 0 atom stereocenters. The van der Waals surface area contributed by atoms with Crippen LogP contribution in [-0.2, 0) is 9.47 Å². The molecular formula is C11H15FN2O3. The molecule has 0 aliphatic rings. The van der Waals surface area contributed by atoms with Gasteiger partial charge in [-0.1, -0.05) is 0 Å². The molecule has 0 radical (unpaired) electrons. The van der Waals surface area contributed by atoms with Crippen molar-refractivity contribution in [1.82, 2.24) is 10.3 Å². The van der Waals surface area contributed by atoms with E-state index in [1.807, 2.05) is 0 Å². The summed E-state index contributed by atoms with van der Waals surface area (Å²) in [5, 5.41) is 2.53. The molecule has 17 heavy (non-hydrogen) atoms. The maximum absolute atomic E-state index is 13.1. The van der Waals surface area contributed by atoms with Crippen LogP contribution < -0.4 is 5.32 Å². The third kappa shape index (κ3) is 4.88. The minimum atomic E-state index is -0.773. The zero-order chi connectivity index (χ0) is 12.5. The third-order valence-electron chi connectivity index (χ3n) is 1.97. The molecule has 0 spiro atoms. The number of nitrogens with one attached hydrogen (secondary N) is 1. The molecule has 0 fully saturated rings. The Kier molecular flexibility index (Phi) is 6.13. The highest BCUT2D eigenvalue weighted by Crippen LogP contribution is 2.01. The van der Waals surface area contributed by atoms with Crippen LogP contribution in [0.2, 0.25) is 0 Å². The van der Waals surface area contributed by atoms with E-state index in [1.54, 1.807) is 7.11 Å². The molecule has 1 rings (SSSR count). The number of nitrogens with zero attached hydrogens (tertiary/aromatic N) is 1. The Morgan fingerprint density at radius 1 is 1.47 bits per heavy atom. The number of amides is 1. The van der Waals surface area contributed by atoms with Gasteiger partial charge in [0.2, 0.25) is 5.95 Å². The van der Waals surface area contributed by atoms with E-state index >= 15 is 0 Å². The molecule has 1 amide bonds. The minimum Gasteiger partial charge on any atom is -0.382 e. The Morgan fingerprint density at radius 3 is 3.00 bits per heavy atom. The Balaban J connectivity index is 2.24. The highest BCUT2D eigenvalue weighted by molar-refractivity contribution is 5.94. The van der Waals surface area contributed by atoms with Crippen molar-refractivity contribution in [2.75, 3.05) is 33.5 Å². The summed E-state index contributed by atoms with van der Waals surface area (Å²) in [4.78, 5) is 14.9. The lowest BCUT2D eigenvalue weighted by atomic mass is 10.2. The lowest BCUT2D eigenvalue weighted by Crippen LogP contribution is -2.28. The molecule has 0 saturated heterocycles. The molecule has 94 valence electrons. The van der Waals surface area contributed by atoms with Crippen LogP contribution in [0.1, 0.15) is 10.4 Å². The van der Waals surface area contributed by atoms with Crippen LogP contribution >= 0.6 is 0 Å².